The van der Waals surface area contributed by atoms with E-state index in [4.69, 9.17) is 0 Å². The summed E-state index contributed by atoms with van der Waals surface area (Å²) in [6, 6.07) is 0. The monoisotopic (exact) mass is 294 g/mol. The largest absolute Gasteiger partial charge is 0.624 e. The Bertz CT molecular complexity index is 504. The van der Waals surface area contributed by atoms with Crippen LogP contribution < -0.4 is 0 Å². The molecule has 4 nitrogen and oxygen atoms in total. The maximum atomic E-state index is 11.8. The highest BCUT2D eigenvalue weighted by molar-refractivity contribution is 7.87. The van der Waals surface area contributed by atoms with Gasteiger partial charge in [-0.3, -0.25) is 4.21 Å². The van der Waals surface area contributed by atoms with Gasteiger partial charge in [-0.05, 0) is 19.4 Å². The number of rotatable bonds is 5. The molecule has 100 valence electrons. The summed E-state index contributed by atoms with van der Waals surface area (Å²) < 4.78 is 36.4. The van der Waals surface area contributed by atoms with Crippen molar-refractivity contribution in [2.45, 2.75) is 17.7 Å². The van der Waals surface area contributed by atoms with Gasteiger partial charge in [-0.2, -0.15) is 8.78 Å². The SMILES string of the molecule is Cc1nc(S(=O)CCC=C(F)F)sc1/C=[N+](/C)[O-]. The van der Waals surface area contributed by atoms with E-state index in [-0.39, 0.29) is 12.2 Å². The van der Waals surface area contributed by atoms with Crippen LogP contribution in [0.1, 0.15) is 17.0 Å². The van der Waals surface area contributed by atoms with Crippen LogP contribution in [0, 0.1) is 12.1 Å². The van der Waals surface area contributed by atoms with Crippen LogP contribution >= 0.6 is 11.3 Å². The van der Waals surface area contributed by atoms with Crippen LogP contribution in [0.5, 0.6) is 0 Å². The van der Waals surface area contributed by atoms with Gasteiger partial charge in [-0.25, -0.2) is 9.72 Å². The second-order valence-electron chi connectivity index (χ2n) is 3.44. The van der Waals surface area contributed by atoms with E-state index in [1.54, 1.807) is 6.92 Å². The third-order valence-electron chi connectivity index (χ3n) is 1.91. The lowest BCUT2D eigenvalue weighted by Crippen LogP contribution is -1.96. The van der Waals surface area contributed by atoms with E-state index in [1.165, 1.54) is 13.3 Å². The van der Waals surface area contributed by atoms with Crippen molar-refractivity contribution in [2.75, 3.05) is 12.8 Å². The Morgan fingerprint density at radius 2 is 2.28 bits per heavy atom. The minimum atomic E-state index is -1.77. The molecule has 1 rings (SSSR count). The molecule has 0 aliphatic carbocycles. The van der Waals surface area contributed by atoms with Gasteiger partial charge in [-0.1, -0.05) is 11.3 Å². The van der Waals surface area contributed by atoms with Gasteiger partial charge >= 0.3 is 0 Å². The minimum Gasteiger partial charge on any atom is -0.624 e. The van der Waals surface area contributed by atoms with Crippen LogP contribution in [-0.4, -0.2) is 32.9 Å². The van der Waals surface area contributed by atoms with Crippen LogP contribution in [0.4, 0.5) is 8.78 Å². The van der Waals surface area contributed by atoms with Gasteiger partial charge < -0.3 is 5.21 Å². The second-order valence-corrected chi connectivity index (χ2v) is 6.21. The van der Waals surface area contributed by atoms with Gasteiger partial charge in [0.05, 0.1) is 16.5 Å². The standard InChI is InChI=1S/C10H12F2N2O2S2/c1-7-8(6-14(2)15)17-10(13-7)18(16)5-3-4-9(11)12/h4,6H,3,5H2,1-2H3/b14-6-. The molecule has 0 aromatic carbocycles. The summed E-state index contributed by atoms with van der Waals surface area (Å²) in [4.78, 5) is 4.70. The maximum Gasteiger partial charge on any atom is 0.266 e. The molecular weight excluding hydrogens is 282 g/mol. The lowest BCUT2D eigenvalue weighted by molar-refractivity contribution is -0.416. The highest BCUT2D eigenvalue weighted by Gasteiger charge is 2.13. The molecule has 1 aromatic heterocycles. The molecule has 0 spiro atoms. The third kappa shape index (κ3) is 4.61. The zero-order valence-electron chi connectivity index (χ0n) is 9.85. The molecule has 0 amide bonds. The topological polar surface area (TPSA) is 56.0 Å². The number of nitrogens with zero attached hydrogens (tertiary/aromatic N) is 2. The van der Waals surface area contributed by atoms with Crippen molar-refractivity contribution in [3.05, 3.63) is 27.9 Å². The predicted octanol–water partition coefficient (Wildman–Crippen LogP) is 2.29. The number of thiazole rings is 1. The van der Waals surface area contributed by atoms with Crippen LogP contribution in [0.3, 0.4) is 0 Å². The number of hydrogen-bond acceptors (Lipinski definition) is 4. The molecule has 0 bridgehead atoms. The fourth-order valence-electron chi connectivity index (χ4n) is 1.13. The fourth-order valence-corrected chi connectivity index (χ4v) is 3.53. The summed E-state index contributed by atoms with van der Waals surface area (Å²) in [6.45, 7) is 1.70. The van der Waals surface area contributed by atoms with E-state index >= 15 is 0 Å². The zero-order chi connectivity index (χ0) is 13.7. The van der Waals surface area contributed by atoms with Gasteiger partial charge in [0.1, 0.15) is 11.9 Å². The van der Waals surface area contributed by atoms with E-state index < -0.39 is 16.9 Å². The van der Waals surface area contributed by atoms with Crippen LogP contribution in [0.15, 0.2) is 16.5 Å². The molecule has 0 saturated carbocycles. The van der Waals surface area contributed by atoms with Gasteiger partial charge in [0.25, 0.3) is 6.08 Å². The Morgan fingerprint density at radius 1 is 1.61 bits per heavy atom. The predicted molar refractivity (Wildman–Crippen MR) is 67.8 cm³/mol. The quantitative estimate of drug-likeness (QED) is 0.362. The molecule has 1 aromatic rings. The van der Waals surface area contributed by atoms with E-state index in [1.807, 2.05) is 0 Å². The summed E-state index contributed by atoms with van der Waals surface area (Å²) in [6.07, 6.45) is 0.337. The summed E-state index contributed by atoms with van der Waals surface area (Å²) in [5.41, 5.74) is 0.610. The average molecular weight is 294 g/mol. The molecule has 1 heterocycles. The van der Waals surface area contributed by atoms with Crippen molar-refractivity contribution in [1.29, 1.82) is 0 Å². The first kappa shape index (κ1) is 14.9. The number of hydrogen-bond donors (Lipinski definition) is 0. The van der Waals surface area contributed by atoms with E-state index in [0.717, 1.165) is 17.4 Å². The number of aromatic nitrogens is 1. The Balaban J connectivity index is 2.76. The zero-order valence-corrected chi connectivity index (χ0v) is 11.5. The van der Waals surface area contributed by atoms with Crippen LogP contribution in [0.25, 0.3) is 0 Å². The molecule has 0 radical (unpaired) electrons. The van der Waals surface area contributed by atoms with E-state index in [9.17, 15) is 18.2 Å². The summed E-state index contributed by atoms with van der Waals surface area (Å²) >= 11 is 1.14. The molecule has 0 aliphatic heterocycles. The van der Waals surface area contributed by atoms with Crippen LogP contribution in [-0.2, 0) is 10.8 Å². The first-order valence-electron chi connectivity index (χ1n) is 5.02. The molecule has 0 fully saturated rings. The highest BCUT2D eigenvalue weighted by atomic mass is 32.2. The Kier molecular flexibility index (Phi) is 5.54. The Labute approximate surface area is 110 Å². The molecule has 18 heavy (non-hydrogen) atoms. The molecule has 0 saturated heterocycles. The van der Waals surface area contributed by atoms with Crippen molar-refractivity contribution < 1.29 is 17.7 Å². The fraction of sp³-hybridized carbons (Fsp3) is 0.400. The van der Waals surface area contributed by atoms with Gasteiger partial charge in [-0.15, -0.1) is 0 Å². The van der Waals surface area contributed by atoms with Crippen molar-refractivity contribution in [1.82, 2.24) is 4.98 Å². The average Bonchev–Trinajstić information content (AvgIpc) is 2.59. The molecule has 8 heteroatoms. The number of aryl methyl sites for hydroxylation is 1. The number of allylic oxidation sites excluding steroid dienone is 1. The summed E-state index contributed by atoms with van der Waals surface area (Å²) in [7, 11) is -0.0773. The van der Waals surface area contributed by atoms with Gasteiger partial charge in [0.15, 0.2) is 10.6 Å². The first-order chi connectivity index (χ1) is 8.40. The maximum absolute atomic E-state index is 11.8. The lowest BCUT2D eigenvalue weighted by Gasteiger charge is -1.93. The lowest BCUT2D eigenvalue weighted by atomic mass is 10.4. The smallest absolute Gasteiger partial charge is 0.266 e. The Morgan fingerprint density at radius 3 is 2.83 bits per heavy atom. The minimum absolute atomic E-state index is 0.0358. The normalized spacial score (nSPS) is 13.4. The number of hydroxylamine groups is 1. The molecular formula is C10H12F2N2O2S2. The van der Waals surface area contributed by atoms with Crippen LogP contribution in [0.2, 0.25) is 0 Å². The Hall–Kier alpha value is -1.15. The molecule has 1 atom stereocenters. The van der Waals surface area contributed by atoms with E-state index in [0.29, 0.717) is 19.6 Å². The molecule has 0 N–H and O–H groups in total. The molecule has 0 aliphatic rings. The van der Waals surface area contributed by atoms with Gasteiger partial charge in [0.2, 0.25) is 0 Å². The van der Waals surface area contributed by atoms with E-state index in [2.05, 4.69) is 4.98 Å². The van der Waals surface area contributed by atoms with Gasteiger partial charge in [0, 0.05) is 5.75 Å². The summed E-state index contributed by atoms with van der Waals surface area (Å²) in [5.74, 6) is 0.0942. The highest BCUT2D eigenvalue weighted by Crippen LogP contribution is 2.20. The molecule has 1 unspecified atom stereocenters. The summed E-state index contributed by atoms with van der Waals surface area (Å²) in [5, 5.41) is 10.9. The van der Waals surface area contributed by atoms with Crippen molar-refractivity contribution in [2.24, 2.45) is 0 Å². The van der Waals surface area contributed by atoms with Crippen molar-refractivity contribution in [3.63, 3.8) is 0 Å². The van der Waals surface area contributed by atoms with Crippen molar-refractivity contribution >= 4 is 28.4 Å². The second kappa shape index (κ2) is 6.69. The number of halogens is 2. The third-order valence-corrected chi connectivity index (χ3v) is 4.69. The van der Waals surface area contributed by atoms with Crippen molar-refractivity contribution in [3.8, 4) is 0 Å². The first-order valence-corrected chi connectivity index (χ1v) is 7.15.